The first kappa shape index (κ1) is 50.1. The van der Waals surface area contributed by atoms with Gasteiger partial charge in [0.15, 0.2) is 0 Å². The number of H-pyrrole nitrogens is 2. The molecule has 72 heavy (non-hydrogen) atoms. The van der Waals surface area contributed by atoms with E-state index in [1.54, 1.807) is 48.5 Å². The van der Waals surface area contributed by atoms with Crippen LogP contribution < -0.4 is 0 Å². The third-order valence-corrected chi connectivity index (χ3v) is 17.3. The largest absolute Gasteiger partial charge is 0.354 e. The Morgan fingerprint density at radius 1 is 0.306 bits per heavy atom. The van der Waals surface area contributed by atoms with E-state index in [-0.39, 0.29) is 19.6 Å². The van der Waals surface area contributed by atoms with Gasteiger partial charge >= 0.3 is 0 Å². The molecule has 0 saturated heterocycles. The standard InChI is InChI=1S/C52H46N4O12S4/c1-25-26(2)46-42(34-11-19-38(20-12-34)70(60,61)62)48-29(5)30(6)50(55-48)44(36-15-23-40(24-16-36)72(66,67)68)52-32(8)31(7)51(56-52)43(35-13-21-39(22-14-35)71(63,64)65)49-28(4)27(3)47(54-49)41(45(25)53-46)33-9-17-37(18-10-33)69(57,58)59/h9-24,53,56H,1-8H3,(H,57,58,59)(H,60,61,62)(H,63,64,65)(H,66,67,68). The molecule has 0 radical (unpaired) electrons. The summed E-state index contributed by atoms with van der Waals surface area (Å²) in [6, 6.07) is 22.8. The van der Waals surface area contributed by atoms with Crippen LogP contribution in [0.5, 0.6) is 0 Å². The minimum Gasteiger partial charge on any atom is -0.354 e. The van der Waals surface area contributed by atoms with Gasteiger partial charge in [-0.05, 0) is 171 Å². The Labute approximate surface area is 415 Å². The summed E-state index contributed by atoms with van der Waals surface area (Å²) in [5.41, 5.74) is 14.2. The minimum atomic E-state index is -4.59. The molecule has 0 saturated carbocycles. The van der Waals surface area contributed by atoms with E-state index in [9.17, 15) is 51.9 Å². The lowest BCUT2D eigenvalue weighted by Gasteiger charge is -2.09. The summed E-state index contributed by atoms with van der Waals surface area (Å²) in [5, 5.41) is 0. The van der Waals surface area contributed by atoms with E-state index in [0.29, 0.717) is 112 Å². The number of benzene rings is 4. The highest BCUT2D eigenvalue weighted by Gasteiger charge is 2.29. The molecule has 0 spiro atoms. The zero-order valence-electron chi connectivity index (χ0n) is 39.8. The maximum atomic E-state index is 12.3. The second kappa shape index (κ2) is 17.4. The number of allylic oxidation sites excluding steroid dienone is 4. The van der Waals surface area contributed by atoms with Crippen LogP contribution in [0.2, 0.25) is 0 Å². The number of nitrogens with one attached hydrogen (secondary N) is 2. The Bertz CT molecular complexity index is 3690. The van der Waals surface area contributed by atoms with Gasteiger partial charge in [0, 0.05) is 22.3 Å². The van der Waals surface area contributed by atoms with Gasteiger partial charge in [-0.2, -0.15) is 33.7 Å². The molecular weight excluding hydrogens is 1000 g/mol. The number of aromatic amines is 2. The number of rotatable bonds is 8. The Kier molecular flexibility index (Phi) is 12.1. The summed E-state index contributed by atoms with van der Waals surface area (Å²) >= 11 is 0. The first-order valence-corrected chi connectivity index (χ1v) is 27.8. The predicted octanol–water partition coefficient (Wildman–Crippen LogP) is 11.1. The molecule has 370 valence electrons. The van der Waals surface area contributed by atoms with Crippen LogP contribution in [0.15, 0.2) is 117 Å². The third kappa shape index (κ3) is 8.52. The highest BCUT2D eigenvalue weighted by molar-refractivity contribution is 7.86. The highest BCUT2D eigenvalue weighted by Crippen LogP contribution is 2.47. The zero-order chi connectivity index (χ0) is 52.3. The van der Waals surface area contributed by atoms with Crippen molar-refractivity contribution >= 4 is 84.8 Å². The predicted molar refractivity (Wildman–Crippen MR) is 277 cm³/mol. The molecule has 0 amide bonds. The molecule has 0 aliphatic carbocycles. The van der Waals surface area contributed by atoms with E-state index in [1.807, 2.05) is 55.4 Å². The van der Waals surface area contributed by atoms with E-state index >= 15 is 0 Å². The van der Waals surface area contributed by atoms with Crippen molar-refractivity contribution in [1.82, 2.24) is 19.9 Å². The summed E-state index contributed by atoms with van der Waals surface area (Å²) in [4.78, 5) is 16.9. The molecule has 2 aliphatic heterocycles. The van der Waals surface area contributed by atoms with Crippen LogP contribution in [0.1, 0.15) is 72.7 Å². The number of aryl methyl sites for hydroxylation is 4. The molecule has 0 atom stereocenters. The van der Waals surface area contributed by atoms with Crippen molar-refractivity contribution in [3.63, 3.8) is 0 Å². The zero-order valence-corrected chi connectivity index (χ0v) is 43.1. The monoisotopic (exact) mass is 1050 g/mol. The van der Waals surface area contributed by atoms with Crippen molar-refractivity contribution < 1.29 is 51.9 Å². The third-order valence-electron chi connectivity index (χ3n) is 13.8. The first-order valence-electron chi connectivity index (χ1n) is 22.1. The van der Waals surface area contributed by atoms with Gasteiger partial charge < -0.3 is 9.97 Å². The number of fused-ring (bicyclic) bond motifs is 8. The van der Waals surface area contributed by atoms with Crippen LogP contribution in [0.4, 0.5) is 0 Å². The maximum absolute atomic E-state index is 12.3. The molecule has 16 nitrogen and oxygen atoms in total. The normalized spacial score (nSPS) is 13.6. The van der Waals surface area contributed by atoms with Crippen LogP contribution in [0.3, 0.4) is 0 Å². The van der Waals surface area contributed by atoms with Crippen LogP contribution in [-0.2, 0) is 40.5 Å². The van der Waals surface area contributed by atoms with Gasteiger partial charge in [0.1, 0.15) is 0 Å². The van der Waals surface area contributed by atoms with Crippen LogP contribution in [-0.4, -0.2) is 71.8 Å². The second-order valence-electron chi connectivity index (χ2n) is 17.9. The van der Waals surface area contributed by atoms with Crippen LogP contribution >= 0.6 is 0 Å². The molecule has 3 aromatic heterocycles. The number of aromatic nitrogens is 4. The Balaban J connectivity index is 1.59. The molecule has 9 rings (SSSR count). The van der Waals surface area contributed by atoms with Crippen molar-refractivity contribution in [2.75, 3.05) is 0 Å². The number of hydrogen-bond acceptors (Lipinski definition) is 10. The van der Waals surface area contributed by atoms with Gasteiger partial charge in [0.25, 0.3) is 40.5 Å². The van der Waals surface area contributed by atoms with Crippen molar-refractivity contribution in [2.45, 2.75) is 75.0 Å². The molecule has 2 aliphatic rings. The summed E-state index contributed by atoms with van der Waals surface area (Å²) in [6.45, 7) is 15.2. The highest BCUT2D eigenvalue weighted by atomic mass is 32.2. The van der Waals surface area contributed by atoms with Gasteiger partial charge in [-0.15, -0.1) is 0 Å². The summed E-state index contributed by atoms with van der Waals surface area (Å²) < 4.78 is 139. The second-order valence-corrected chi connectivity index (χ2v) is 23.6. The Morgan fingerprint density at radius 2 is 0.472 bits per heavy atom. The molecular formula is C52H46N4O12S4. The molecule has 8 bridgehead atoms. The van der Waals surface area contributed by atoms with E-state index in [1.165, 1.54) is 48.5 Å². The molecule has 0 unspecified atom stereocenters. The van der Waals surface area contributed by atoms with Crippen molar-refractivity contribution in [2.24, 2.45) is 0 Å². The van der Waals surface area contributed by atoms with E-state index < -0.39 is 40.5 Å². The van der Waals surface area contributed by atoms with Crippen LogP contribution in [0, 0.1) is 27.7 Å². The lowest BCUT2D eigenvalue weighted by molar-refractivity contribution is 0.481. The minimum absolute atomic E-state index is 0.333. The Hall–Kier alpha value is -6.88. The molecule has 20 heteroatoms. The first-order chi connectivity index (χ1) is 33.6. The van der Waals surface area contributed by atoms with E-state index in [0.717, 1.165) is 22.3 Å². The average Bonchev–Trinajstić information content (AvgIpc) is 3.97. The quantitative estimate of drug-likeness (QED) is 0.0773. The summed E-state index contributed by atoms with van der Waals surface area (Å²) in [6.07, 6.45) is 0. The Morgan fingerprint density at radius 3 is 0.625 bits per heavy atom. The molecule has 7 aromatic rings. The fraction of sp³-hybridized carbons (Fsp3) is 0.154. The van der Waals surface area contributed by atoms with Crippen molar-refractivity contribution in [1.29, 1.82) is 0 Å². The smallest absolute Gasteiger partial charge is 0.294 e. The maximum Gasteiger partial charge on any atom is 0.294 e. The fourth-order valence-electron chi connectivity index (χ4n) is 9.39. The topological polar surface area (TPSA) is 275 Å². The van der Waals surface area contributed by atoms with Gasteiger partial charge in [-0.3, -0.25) is 18.2 Å². The lowest BCUT2D eigenvalue weighted by Crippen LogP contribution is -1.98. The van der Waals surface area contributed by atoms with Crippen molar-refractivity contribution in [3.8, 4) is 44.5 Å². The van der Waals surface area contributed by atoms with Gasteiger partial charge in [-0.1, -0.05) is 48.5 Å². The lowest BCUT2D eigenvalue weighted by atomic mass is 9.94. The average molecular weight is 1050 g/mol. The number of hydrogen-bond donors (Lipinski definition) is 6. The van der Waals surface area contributed by atoms with E-state index in [2.05, 4.69) is 9.97 Å². The summed E-state index contributed by atoms with van der Waals surface area (Å²) in [7, 11) is -18.4. The van der Waals surface area contributed by atoms with E-state index in [4.69, 9.17) is 9.97 Å². The fourth-order valence-corrected chi connectivity index (χ4v) is 11.3. The van der Waals surface area contributed by atoms with Gasteiger partial charge in [0.2, 0.25) is 0 Å². The molecule has 6 N–H and O–H groups in total. The van der Waals surface area contributed by atoms with Crippen LogP contribution in [0.25, 0.3) is 88.9 Å². The van der Waals surface area contributed by atoms with Crippen molar-refractivity contribution in [3.05, 3.63) is 142 Å². The number of nitrogens with zero attached hydrogens (tertiary/aromatic N) is 2. The van der Waals surface area contributed by atoms with Gasteiger partial charge in [0.05, 0.1) is 64.4 Å². The molecule has 5 heterocycles. The SMILES string of the molecule is CC1=C(C)c2nc1c(-c1ccc(S(=O)(=O)O)cc1)c1[nH]c(c(C)c1C)c(-c1ccc(S(=O)(=O)O)cc1)c1nc(c(-c3ccc(S(=O)(=O)O)cc3)c3[nH]c(c(C)c3C)c2-c2ccc(S(=O)(=O)O)cc2)C(C)=C1C. The van der Waals surface area contributed by atoms with Gasteiger partial charge in [-0.25, -0.2) is 9.97 Å². The molecule has 4 aromatic carbocycles. The summed E-state index contributed by atoms with van der Waals surface area (Å²) in [5.74, 6) is 0. The molecule has 0 fully saturated rings.